The quantitative estimate of drug-likeness (QED) is 0.158. The summed E-state index contributed by atoms with van der Waals surface area (Å²) in [6, 6.07) is 13.0. The molecular weight excluding hydrogens is 372 g/mol. The highest BCUT2D eigenvalue weighted by Gasteiger charge is 2.14. The van der Waals surface area contributed by atoms with Crippen LogP contribution in [0.3, 0.4) is 0 Å². The highest BCUT2D eigenvalue weighted by atomic mass is 16.5. The van der Waals surface area contributed by atoms with Crippen LogP contribution in [0.25, 0.3) is 22.5 Å². The number of nitrogen functional groups attached to an aromatic ring is 2. The number of aromatic amines is 1. The van der Waals surface area contributed by atoms with Crippen molar-refractivity contribution in [3.05, 3.63) is 58.4 Å². The van der Waals surface area contributed by atoms with Crippen molar-refractivity contribution in [2.24, 2.45) is 16.8 Å². The molecule has 10 heteroatoms. The molecule has 2 aromatic carbocycles. The average molecular weight is 394 g/mol. The number of hydrogen-bond acceptors (Lipinski definition) is 8. The molecule has 1 aromatic heterocycles. The fourth-order valence-electron chi connectivity index (χ4n) is 2.84. The van der Waals surface area contributed by atoms with Crippen LogP contribution < -0.4 is 38.9 Å². The van der Waals surface area contributed by atoms with Gasteiger partial charge in [-0.1, -0.05) is 24.3 Å². The second-order valence-electron chi connectivity index (χ2n) is 6.06. The average Bonchev–Trinajstić information content (AvgIpc) is 2.73. The van der Waals surface area contributed by atoms with E-state index in [1.165, 1.54) is 0 Å². The number of ether oxygens (including phenoxy) is 1. The fraction of sp³-hybridized carbons (Fsp3) is 0.105. The zero-order valence-electron chi connectivity index (χ0n) is 15.8. The van der Waals surface area contributed by atoms with Gasteiger partial charge in [-0.3, -0.25) is 4.79 Å². The van der Waals surface area contributed by atoms with Gasteiger partial charge >= 0.3 is 0 Å². The molecule has 3 aromatic rings. The molecule has 0 atom stereocenters. The third-order valence-corrected chi connectivity index (χ3v) is 4.26. The van der Waals surface area contributed by atoms with Gasteiger partial charge in [0.05, 0.1) is 12.2 Å². The molecule has 10 N–H and O–H groups in total. The van der Waals surface area contributed by atoms with Crippen molar-refractivity contribution < 1.29 is 4.74 Å². The predicted molar refractivity (Wildman–Crippen MR) is 114 cm³/mol. The van der Waals surface area contributed by atoms with Crippen molar-refractivity contribution in [1.29, 1.82) is 0 Å². The summed E-state index contributed by atoms with van der Waals surface area (Å²) in [5, 5.41) is 3.63. The van der Waals surface area contributed by atoms with Crippen LogP contribution in [0.15, 0.2) is 52.4 Å². The molecule has 0 aliphatic rings. The summed E-state index contributed by atoms with van der Waals surface area (Å²) in [6.45, 7) is 2.29. The smallest absolute Gasteiger partial charge is 0.276 e. The van der Waals surface area contributed by atoms with E-state index in [1.54, 1.807) is 6.07 Å². The summed E-state index contributed by atoms with van der Waals surface area (Å²) in [6.07, 6.45) is 0. The third kappa shape index (κ3) is 3.96. The van der Waals surface area contributed by atoms with Crippen LogP contribution >= 0.6 is 0 Å². The van der Waals surface area contributed by atoms with Gasteiger partial charge in [-0.2, -0.15) is 5.10 Å². The van der Waals surface area contributed by atoms with Crippen LogP contribution in [0.2, 0.25) is 0 Å². The Morgan fingerprint density at radius 2 is 1.97 bits per heavy atom. The Kier molecular flexibility index (Phi) is 5.65. The van der Waals surface area contributed by atoms with Crippen LogP contribution in [0, 0.1) is 0 Å². The van der Waals surface area contributed by atoms with Gasteiger partial charge in [0, 0.05) is 5.56 Å². The number of hydrazone groups is 1. The molecule has 0 amide bonds. The first-order valence-corrected chi connectivity index (χ1v) is 8.76. The lowest BCUT2D eigenvalue weighted by atomic mass is 10.0. The number of nitrogens with zero attached hydrogens (tertiary/aromatic N) is 2. The Hall–Kier alpha value is -4.05. The van der Waals surface area contributed by atoms with Crippen LogP contribution in [-0.4, -0.2) is 22.4 Å². The maximum absolute atomic E-state index is 12.0. The molecule has 29 heavy (non-hydrogen) atoms. The highest BCUT2D eigenvalue weighted by Crippen LogP contribution is 2.33. The van der Waals surface area contributed by atoms with Gasteiger partial charge in [0.2, 0.25) is 0 Å². The summed E-state index contributed by atoms with van der Waals surface area (Å²) in [4.78, 5) is 18.8. The number of rotatable bonds is 5. The molecule has 0 bridgehead atoms. The number of anilines is 2. The molecule has 0 unspecified atom stereocenters. The molecule has 0 fully saturated rings. The zero-order chi connectivity index (χ0) is 21.0. The molecule has 150 valence electrons. The number of aromatic nitrogens is 2. The van der Waals surface area contributed by atoms with Crippen LogP contribution in [0.5, 0.6) is 5.75 Å². The van der Waals surface area contributed by atoms with E-state index in [4.69, 9.17) is 27.9 Å². The number of hydrogen-bond donors (Lipinski definition) is 6. The van der Waals surface area contributed by atoms with E-state index in [-0.39, 0.29) is 17.3 Å². The van der Waals surface area contributed by atoms with Crippen molar-refractivity contribution in [3.8, 4) is 28.3 Å². The largest absolute Gasteiger partial charge is 0.493 e. The van der Waals surface area contributed by atoms with Crippen molar-refractivity contribution in [2.45, 2.75) is 6.92 Å². The van der Waals surface area contributed by atoms with Crippen molar-refractivity contribution in [1.82, 2.24) is 15.4 Å². The number of benzene rings is 2. The third-order valence-electron chi connectivity index (χ3n) is 4.26. The van der Waals surface area contributed by atoms with E-state index >= 15 is 0 Å². The first-order chi connectivity index (χ1) is 14.0. The van der Waals surface area contributed by atoms with Gasteiger partial charge in [-0.15, -0.1) is 0 Å². The monoisotopic (exact) mass is 394 g/mol. The van der Waals surface area contributed by atoms with Crippen molar-refractivity contribution in [2.75, 3.05) is 18.1 Å². The molecule has 10 nitrogen and oxygen atoms in total. The van der Waals surface area contributed by atoms with Gasteiger partial charge < -0.3 is 32.5 Å². The summed E-state index contributed by atoms with van der Waals surface area (Å²) in [7, 11) is 0. The molecule has 0 aliphatic heterocycles. The summed E-state index contributed by atoms with van der Waals surface area (Å²) < 4.78 is 5.77. The molecule has 3 rings (SSSR count). The normalized spacial score (nSPS) is 11.3. The highest BCUT2D eigenvalue weighted by molar-refractivity contribution is 5.99. The minimum absolute atomic E-state index is 0.0362. The molecule has 1 heterocycles. The summed E-state index contributed by atoms with van der Waals surface area (Å²) >= 11 is 0. The first-order valence-electron chi connectivity index (χ1n) is 8.76. The number of nitrogens with two attached hydrogens (primary N) is 4. The second-order valence-corrected chi connectivity index (χ2v) is 6.06. The number of H-pyrrole nitrogens is 1. The van der Waals surface area contributed by atoms with E-state index < -0.39 is 5.56 Å². The molecule has 0 saturated carbocycles. The lowest BCUT2D eigenvalue weighted by Gasteiger charge is -2.13. The van der Waals surface area contributed by atoms with E-state index in [0.29, 0.717) is 23.8 Å². The minimum Gasteiger partial charge on any atom is -0.493 e. The van der Waals surface area contributed by atoms with E-state index in [1.807, 2.05) is 43.3 Å². The van der Waals surface area contributed by atoms with Crippen molar-refractivity contribution >= 4 is 17.3 Å². The molecule has 0 saturated heterocycles. The Labute approximate surface area is 166 Å². The first kappa shape index (κ1) is 19.7. The Balaban J connectivity index is 2.10. The lowest BCUT2D eigenvalue weighted by molar-refractivity contribution is 0.341. The maximum atomic E-state index is 12.0. The van der Waals surface area contributed by atoms with Gasteiger partial charge in [-0.25, -0.2) is 10.8 Å². The summed E-state index contributed by atoms with van der Waals surface area (Å²) in [5.74, 6) is 11.9. The predicted octanol–water partition coefficient (Wildman–Crippen LogP) is 0.751. The number of nitrogens with one attached hydrogen (secondary N) is 2. The Morgan fingerprint density at radius 1 is 1.21 bits per heavy atom. The van der Waals surface area contributed by atoms with E-state index in [0.717, 1.165) is 16.7 Å². The fourth-order valence-corrected chi connectivity index (χ4v) is 2.84. The van der Waals surface area contributed by atoms with Gasteiger partial charge in [0.1, 0.15) is 17.3 Å². The van der Waals surface area contributed by atoms with E-state index in [2.05, 4.69) is 20.5 Å². The van der Waals surface area contributed by atoms with Gasteiger partial charge in [0.25, 0.3) is 5.56 Å². The molecule has 0 aliphatic carbocycles. The summed E-state index contributed by atoms with van der Waals surface area (Å²) in [5.41, 5.74) is 16.3. The molecule has 0 spiro atoms. The lowest BCUT2D eigenvalue weighted by Crippen LogP contribution is -2.32. The second kappa shape index (κ2) is 8.31. The Bertz CT molecular complexity index is 1120. The van der Waals surface area contributed by atoms with E-state index in [9.17, 15) is 4.79 Å². The van der Waals surface area contributed by atoms with Gasteiger partial charge in [0.15, 0.2) is 11.7 Å². The zero-order valence-corrected chi connectivity index (χ0v) is 15.8. The molecule has 0 radical (unpaired) electrons. The van der Waals surface area contributed by atoms with Crippen LogP contribution in [0.4, 0.5) is 11.5 Å². The van der Waals surface area contributed by atoms with Crippen molar-refractivity contribution in [3.63, 3.8) is 0 Å². The topological polar surface area (TPSA) is 183 Å². The molecular formula is C19H22N8O2. The standard InChI is InChI=1S/C19H22N8O2/c1-2-29-14-9-11(10-4-3-5-12(8-10)17(26-22)27-23)6-7-13(14)18-24-16(21)15(20)19(28)25-18/h3-9H,2,20,22-23H2,1H3,(H,26,27)(H3,21,24,25,28). The SMILES string of the molecule is CCOc1cc(-c2cccc(/C(=N/N)NN)c2)ccc1-c1nc(N)c(N)c(=O)[nH]1. The van der Waals surface area contributed by atoms with Gasteiger partial charge in [-0.05, 0) is 36.2 Å². The van der Waals surface area contributed by atoms with Crippen LogP contribution in [0.1, 0.15) is 12.5 Å². The number of hydrazine groups is 1. The maximum Gasteiger partial charge on any atom is 0.276 e. The minimum atomic E-state index is -0.505. The number of amidine groups is 1. The van der Waals surface area contributed by atoms with Crippen LogP contribution in [-0.2, 0) is 0 Å². The Morgan fingerprint density at radius 3 is 2.62 bits per heavy atom.